The number of benzene rings is 1. The second-order valence-corrected chi connectivity index (χ2v) is 7.02. The van der Waals surface area contributed by atoms with Crippen molar-refractivity contribution in [2.45, 2.75) is 70.9 Å². The molecule has 2 N–H and O–H groups in total. The first-order chi connectivity index (χ1) is 12.2. The van der Waals surface area contributed by atoms with Crippen LogP contribution in [0.2, 0.25) is 0 Å². The first kappa shape index (κ1) is 20.6. The zero-order chi connectivity index (χ0) is 19.4. The van der Waals surface area contributed by atoms with Gasteiger partial charge in [-0.3, -0.25) is 10.1 Å². The van der Waals surface area contributed by atoms with E-state index >= 15 is 0 Å². The van der Waals surface area contributed by atoms with E-state index in [2.05, 4.69) is 29.2 Å². The molecule has 146 valence electrons. The summed E-state index contributed by atoms with van der Waals surface area (Å²) < 4.78 is 42.2. The van der Waals surface area contributed by atoms with Crippen molar-refractivity contribution in [3.05, 3.63) is 29.8 Å². The van der Waals surface area contributed by atoms with Crippen molar-refractivity contribution in [2.75, 3.05) is 0 Å². The fourth-order valence-corrected chi connectivity index (χ4v) is 3.36. The Kier molecular flexibility index (Phi) is 6.55. The Morgan fingerprint density at radius 3 is 2.54 bits per heavy atom. The van der Waals surface area contributed by atoms with Crippen LogP contribution in [0.3, 0.4) is 0 Å². The molecule has 1 fully saturated rings. The molecule has 1 heterocycles. The first-order valence-corrected chi connectivity index (χ1v) is 9.14. The standard InChI is InChI=1S/C19H27F3N2O2/c1-4-11-18(12-10-13(3)5-2)17(25)23-16(24-18)14-8-6-7-9-15(14)26-19(20,21)22/h6-9,13,16,24H,4-5,10-12H2,1-3H3,(H,23,25). The van der Waals surface area contributed by atoms with Crippen LogP contribution >= 0.6 is 0 Å². The fourth-order valence-electron chi connectivity index (χ4n) is 3.36. The molecule has 1 aliphatic heterocycles. The molecule has 0 aromatic heterocycles. The predicted octanol–water partition coefficient (Wildman–Crippen LogP) is 4.67. The van der Waals surface area contributed by atoms with Crippen LogP contribution in [0.15, 0.2) is 24.3 Å². The molecule has 3 atom stereocenters. The number of amides is 1. The quantitative estimate of drug-likeness (QED) is 0.697. The lowest BCUT2D eigenvalue weighted by Gasteiger charge is -2.28. The third-order valence-electron chi connectivity index (χ3n) is 5.02. The highest BCUT2D eigenvalue weighted by Crippen LogP contribution is 2.36. The van der Waals surface area contributed by atoms with Crippen LogP contribution in [0.25, 0.3) is 0 Å². The van der Waals surface area contributed by atoms with Crippen molar-refractivity contribution in [3.63, 3.8) is 0 Å². The lowest BCUT2D eigenvalue weighted by molar-refractivity contribution is -0.275. The van der Waals surface area contributed by atoms with Gasteiger partial charge in [-0.2, -0.15) is 0 Å². The average Bonchev–Trinajstić information content (AvgIpc) is 2.89. The predicted molar refractivity (Wildman–Crippen MR) is 93.5 cm³/mol. The van der Waals surface area contributed by atoms with Crippen LogP contribution in [0.5, 0.6) is 5.75 Å². The average molecular weight is 372 g/mol. The first-order valence-electron chi connectivity index (χ1n) is 9.14. The third kappa shape index (κ3) is 4.90. The largest absolute Gasteiger partial charge is 0.573 e. The number of carbonyl (C=O) groups excluding carboxylic acids is 1. The van der Waals surface area contributed by atoms with E-state index in [4.69, 9.17) is 0 Å². The summed E-state index contributed by atoms with van der Waals surface area (Å²) in [6.45, 7) is 6.23. The van der Waals surface area contributed by atoms with E-state index in [1.807, 2.05) is 6.92 Å². The van der Waals surface area contributed by atoms with Crippen molar-refractivity contribution >= 4 is 5.91 Å². The number of ether oxygens (including phenoxy) is 1. The van der Waals surface area contributed by atoms with Gasteiger partial charge >= 0.3 is 6.36 Å². The van der Waals surface area contributed by atoms with Gasteiger partial charge in [0.1, 0.15) is 11.9 Å². The van der Waals surface area contributed by atoms with Gasteiger partial charge in [-0.05, 0) is 31.2 Å². The molecule has 0 radical (unpaired) electrons. The molecule has 2 rings (SSSR count). The fraction of sp³-hybridized carbons (Fsp3) is 0.632. The number of carbonyl (C=O) groups is 1. The van der Waals surface area contributed by atoms with Gasteiger partial charge in [0.15, 0.2) is 0 Å². The minimum absolute atomic E-state index is 0.158. The molecule has 7 heteroatoms. The number of alkyl halides is 3. The van der Waals surface area contributed by atoms with Gasteiger partial charge < -0.3 is 10.1 Å². The molecular weight excluding hydrogens is 345 g/mol. The molecule has 26 heavy (non-hydrogen) atoms. The molecule has 0 spiro atoms. The van der Waals surface area contributed by atoms with Gasteiger partial charge in [0.25, 0.3) is 0 Å². The van der Waals surface area contributed by atoms with Gasteiger partial charge in [0.05, 0.1) is 5.54 Å². The lowest BCUT2D eigenvalue weighted by Crippen LogP contribution is -2.46. The minimum Gasteiger partial charge on any atom is -0.405 e. The van der Waals surface area contributed by atoms with E-state index in [9.17, 15) is 18.0 Å². The van der Waals surface area contributed by atoms with Gasteiger partial charge in [0.2, 0.25) is 5.91 Å². The summed E-state index contributed by atoms with van der Waals surface area (Å²) >= 11 is 0. The van der Waals surface area contributed by atoms with Crippen LogP contribution in [-0.4, -0.2) is 17.8 Å². The molecular formula is C19H27F3N2O2. The summed E-state index contributed by atoms with van der Waals surface area (Å²) in [6, 6.07) is 5.90. The van der Waals surface area contributed by atoms with Crippen molar-refractivity contribution in [1.82, 2.24) is 10.6 Å². The molecule has 1 amide bonds. The molecule has 1 aromatic carbocycles. The molecule has 4 nitrogen and oxygen atoms in total. The van der Waals surface area contributed by atoms with E-state index in [1.54, 1.807) is 6.07 Å². The van der Waals surface area contributed by atoms with Crippen molar-refractivity contribution in [2.24, 2.45) is 5.92 Å². The molecule has 3 unspecified atom stereocenters. The highest BCUT2D eigenvalue weighted by molar-refractivity contribution is 5.89. The Morgan fingerprint density at radius 2 is 1.92 bits per heavy atom. The van der Waals surface area contributed by atoms with E-state index in [0.29, 0.717) is 18.8 Å². The van der Waals surface area contributed by atoms with Crippen LogP contribution in [0.4, 0.5) is 13.2 Å². The third-order valence-corrected chi connectivity index (χ3v) is 5.02. The number of hydrogen-bond acceptors (Lipinski definition) is 3. The monoisotopic (exact) mass is 372 g/mol. The molecule has 0 aliphatic carbocycles. The molecule has 0 bridgehead atoms. The summed E-state index contributed by atoms with van der Waals surface area (Å²) in [5.41, 5.74) is -0.478. The second kappa shape index (κ2) is 8.29. The van der Waals surface area contributed by atoms with E-state index in [-0.39, 0.29) is 17.2 Å². The van der Waals surface area contributed by atoms with Crippen LogP contribution < -0.4 is 15.4 Å². The van der Waals surface area contributed by atoms with Gasteiger partial charge in [-0.25, -0.2) is 0 Å². The Labute approximate surface area is 152 Å². The maximum Gasteiger partial charge on any atom is 0.573 e. The second-order valence-electron chi connectivity index (χ2n) is 7.02. The Hall–Kier alpha value is -1.76. The number of halogens is 3. The van der Waals surface area contributed by atoms with Crippen molar-refractivity contribution in [3.8, 4) is 5.75 Å². The number of para-hydroxylation sites is 1. The topological polar surface area (TPSA) is 50.4 Å². The van der Waals surface area contributed by atoms with E-state index in [0.717, 1.165) is 19.3 Å². The lowest BCUT2D eigenvalue weighted by atomic mass is 9.85. The summed E-state index contributed by atoms with van der Waals surface area (Å²) in [5.74, 6) is 0.0275. The van der Waals surface area contributed by atoms with Crippen LogP contribution in [0.1, 0.15) is 64.6 Å². The van der Waals surface area contributed by atoms with Gasteiger partial charge in [-0.15, -0.1) is 13.2 Å². The van der Waals surface area contributed by atoms with Gasteiger partial charge in [-0.1, -0.05) is 51.8 Å². The summed E-state index contributed by atoms with van der Waals surface area (Å²) in [5, 5.41) is 6.09. The minimum atomic E-state index is -4.78. The summed E-state index contributed by atoms with van der Waals surface area (Å²) in [4.78, 5) is 12.7. The molecule has 1 aromatic rings. The number of rotatable bonds is 8. The molecule has 1 aliphatic rings. The molecule has 0 saturated carbocycles. The zero-order valence-electron chi connectivity index (χ0n) is 15.5. The maximum atomic E-state index is 12.7. The van der Waals surface area contributed by atoms with Crippen molar-refractivity contribution < 1.29 is 22.7 Å². The van der Waals surface area contributed by atoms with E-state index < -0.39 is 18.1 Å². The SMILES string of the molecule is CCCC1(CCC(C)CC)NC(c2ccccc2OC(F)(F)F)NC1=O. The highest BCUT2D eigenvalue weighted by atomic mass is 19.4. The van der Waals surface area contributed by atoms with Crippen LogP contribution in [-0.2, 0) is 4.79 Å². The summed E-state index contributed by atoms with van der Waals surface area (Å²) in [6.07, 6.45) is -1.50. The highest BCUT2D eigenvalue weighted by Gasteiger charge is 2.46. The molecule has 1 saturated heterocycles. The van der Waals surface area contributed by atoms with Crippen molar-refractivity contribution in [1.29, 1.82) is 0 Å². The Morgan fingerprint density at radius 1 is 1.23 bits per heavy atom. The Balaban J connectivity index is 2.24. The maximum absolute atomic E-state index is 12.7. The zero-order valence-corrected chi connectivity index (χ0v) is 15.5. The number of nitrogens with one attached hydrogen (secondary N) is 2. The smallest absolute Gasteiger partial charge is 0.405 e. The normalized spacial score (nSPS) is 24.4. The summed E-state index contributed by atoms with van der Waals surface area (Å²) in [7, 11) is 0. The van der Waals surface area contributed by atoms with E-state index in [1.165, 1.54) is 18.2 Å². The van der Waals surface area contributed by atoms with Gasteiger partial charge in [0, 0.05) is 5.56 Å². The Bertz CT molecular complexity index is 621. The number of hydrogen-bond donors (Lipinski definition) is 2. The van der Waals surface area contributed by atoms with Crippen LogP contribution in [0, 0.1) is 5.92 Å².